The van der Waals surface area contributed by atoms with Crippen LogP contribution in [0.3, 0.4) is 0 Å². The number of hydrogen-bond donors (Lipinski definition) is 2. The van der Waals surface area contributed by atoms with Crippen LogP contribution in [-0.2, 0) is 4.79 Å². The van der Waals surface area contributed by atoms with E-state index >= 15 is 0 Å². The van der Waals surface area contributed by atoms with E-state index in [-0.39, 0.29) is 18.6 Å². The second-order valence-electron chi connectivity index (χ2n) is 5.31. The largest absolute Gasteiger partial charge is 0.483 e. The Bertz CT molecular complexity index is 446. The summed E-state index contributed by atoms with van der Waals surface area (Å²) in [6, 6.07) is 6.32. The van der Waals surface area contributed by atoms with Crippen molar-refractivity contribution in [2.24, 2.45) is 0 Å². The van der Waals surface area contributed by atoms with E-state index in [2.05, 4.69) is 43.5 Å². The van der Waals surface area contributed by atoms with E-state index in [1.54, 1.807) is 0 Å². The molecule has 0 saturated heterocycles. The number of unbranched alkanes of at least 4 members (excludes halogenated alkanes) is 1. The maximum atomic E-state index is 11.7. The molecule has 1 atom stereocenters. The number of carbonyl (C=O) groups excluding carboxylic acids is 1. The molecule has 0 bridgehead atoms. The predicted octanol–water partition coefficient (Wildman–Crippen LogP) is 2.96. The van der Waals surface area contributed by atoms with Gasteiger partial charge in [-0.2, -0.15) is 0 Å². The molecule has 0 spiro atoms. The minimum absolute atomic E-state index is 0.0630. The standard InChI is InChI=1S/C17H28N2O2/c1-5-7-10-19-17(20)12-21-16-11-13(3)8-9-15(16)14(4)18-6-2/h8-9,11,14,18H,5-7,10,12H2,1-4H3,(H,19,20). The third kappa shape index (κ3) is 6.17. The number of amides is 1. The van der Waals surface area contributed by atoms with Crippen molar-refractivity contribution in [2.45, 2.75) is 46.6 Å². The molecule has 0 aromatic heterocycles. The predicted molar refractivity (Wildman–Crippen MR) is 86.7 cm³/mol. The molecule has 4 heteroatoms. The highest BCUT2D eigenvalue weighted by atomic mass is 16.5. The van der Waals surface area contributed by atoms with Gasteiger partial charge < -0.3 is 15.4 Å². The molecular weight excluding hydrogens is 264 g/mol. The summed E-state index contributed by atoms with van der Waals surface area (Å²) in [5, 5.41) is 6.23. The van der Waals surface area contributed by atoms with Gasteiger partial charge in [-0.1, -0.05) is 32.4 Å². The molecule has 1 amide bonds. The number of ether oxygens (including phenoxy) is 1. The summed E-state index contributed by atoms with van der Waals surface area (Å²) in [4.78, 5) is 11.7. The summed E-state index contributed by atoms with van der Waals surface area (Å²) in [6.45, 7) is 9.98. The summed E-state index contributed by atoms with van der Waals surface area (Å²) < 4.78 is 5.73. The Balaban J connectivity index is 2.64. The van der Waals surface area contributed by atoms with Gasteiger partial charge >= 0.3 is 0 Å². The number of benzene rings is 1. The molecule has 1 rings (SSSR count). The topological polar surface area (TPSA) is 50.4 Å². The van der Waals surface area contributed by atoms with E-state index in [4.69, 9.17) is 4.74 Å². The molecule has 0 fully saturated rings. The summed E-state index contributed by atoms with van der Waals surface area (Å²) in [5.41, 5.74) is 2.22. The molecule has 1 unspecified atom stereocenters. The Kier molecular flexibility index (Phi) is 7.83. The lowest BCUT2D eigenvalue weighted by molar-refractivity contribution is -0.123. The van der Waals surface area contributed by atoms with Gasteiger partial charge in [0.05, 0.1) is 0 Å². The smallest absolute Gasteiger partial charge is 0.257 e. The van der Waals surface area contributed by atoms with Crippen LogP contribution in [-0.4, -0.2) is 25.6 Å². The average Bonchev–Trinajstić information content (AvgIpc) is 2.45. The molecule has 0 heterocycles. The highest BCUT2D eigenvalue weighted by Gasteiger charge is 2.12. The lowest BCUT2D eigenvalue weighted by Crippen LogP contribution is -2.30. The van der Waals surface area contributed by atoms with E-state index in [0.29, 0.717) is 6.54 Å². The summed E-state index contributed by atoms with van der Waals surface area (Å²) in [7, 11) is 0. The van der Waals surface area contributed by atoms with Crippen LogP contribution in [0.4, 0.5) is 0 Å². The maximum absolute atomic E-state index is 11.7. The van der Waals surface area contributed by atoms with Gasteiger partial charge in [0.1, 0.15) is 5.75 Å². The van der Waals surface area contributed by atoms with Gasteiger partial charge in [0.15, 0.2) is 6.61 Å². The molecular formula is C17H28N2O2. The fraction of sp³-hybridized carbons (Fsp3) is 0.588. The number of nitrogens with one attached hydrogen (secondary N) is 2. The fourth-order valence-corrected chi connectivity index (χ4v) is 2.14. The molecule has 118 valence electrons. The second-order valence-corrected chi connectivity index (χ2v) is 5.31. The molecule has 0 aliphatic heterocycles. The van der Waals surface area contributed by atoms with E-state index in [9.17, 15) is 4.79 Å². The normalized spacial score (nSPS) is 12.0. The van der Waals surface area contributed by atoms with Crippen LogP contribution in [0.25, 0.3) is 0 Å². The first-order valence-electron chi connectivity index (χ1n) is 7.81. The van der Waals surface area contributed by atoms with Gasteiger partial charge in [-0.15, -0.1) is 0 Å². The minimum Gasteiger partial charge on any atom is -0.483 e. The number of carbonyl (C=O) groups is 1. The highest BCUT2D eigenvalue weighted by Crippen LogP contribution is 2.26. The lowest BCUT2D eigenvalue weighted by Gasteiger charge is -2.18. The molecule has 1 aromatic carbocycles. The van der Waals surface area contributed by atoms with Crippen molar-refractivity contribution in [3.63, 3.8) is 0 Å². The average molecular weight is 292 g/mol. The first-order chi connectivity index (χ1) is 10.1. The second kappa shape index (κ2) is 9.40. The fourth-order valence-electron chi connectivity index (χ4n) is 2.14. The Morgan fingerprint density at radius 1 is 1.33 bits per heavy atom. The highest BCUT2D eigenvalue weighted by molar-refractivity contribution is 5.77. The molecule has 21 heavy (non-hydrogen) atoms. The maximum Gasteiger partial charge on any atom is 0.257 e. The van der Waals surface area contributed by atoms with Gasteiger partial charge in [0, 0.05) is 18.2 Å². The van der Waals surface area contributed by atoms with E-state index < -0.39 is 0 Å². The van der Waals surface area contributed by atoms with Crippen molar-refractivity contribution in [1.82, 2.24) is 10.6 Å². The van der Waals surface area contributed by atoms with Crippen LogP contribution in [0.1, 0.15) is 50.8 Å². The van der Waals surface area contributed by atoms with Gasteiger partial charge in [-0.25, -0.2) is 0 Å². The Hall–Kier alpha value is -1.55. The van der Waals surface area contributed by atoms with Crippen molar-refractivity contribution >= 4 is 5.91 Å². The quantitative estimate of drug-likeness (QED) is 0.688. The van der Waals surface area contributed by atoms with Crippen LogP contribution in [0, 0.1) is 6.92 Å². The Morgan fingerprint density at radius 3 is 2.76 bits per heavy atom. The molecule has 0 saturated carbocycles. The van der Waals surface area contributed by atoms with E-state index in [0.717, 1.165) is 36.3 Å². The summed E-state index contributed by atoms with van der Waals surface area (Å²) in [6.07, 6.45) is 2.07. The SMILES string of the molecule is CCCCNC(=O)COc1cc(C)ccc1C(C)NCC. The summed E-state index contributed by atoms with van der Waals surface area (Å²) in [5.74, 6) is 0.723. The van der Waals surface area contributed by atoms with Crippen molar-refractivity contribution in [1.29, 1.82) is 0 Å². The van der Waals surface area contributed by atoms with E-state index in [1.165, 1.54) is 0 Å². The zero-order chi connectivity index (χ0) is 15.7. The first kappa shape index (κ1) is 17.5. The number of rotatable bonds is 9. The van der Waals surface area contributed by atoms with Crippen LogP contribution < -0.4 is 15.4 Å². The van der Waals surface area contributed by atoms with Crippen LogP contribution in [0.15, 0.2) is 18.2 Å². The Labute approximate surface area is 128 Å². The summed E-state index contributed by atoms with van der Waals surface area (Å²) >= 11 is 0. The zero-order valence-corrected chi connectivity index (χ0v) is 13.7. The van der Waals surface area contributed by atoms with Crippen molar-refractivity contribution < 1.29 is 9.53 Å². The molecule has 4 nitrogen and oxygen atoms in total. The van der Waals surface area contributed by atoms with Gasteiger partial charge in [0.2, 0.25) is 0 Å². The monoisotopic (exact) mass is 292 g/mol. The van der Waals surface area contributed by atoms with Crippen molar-refractivity contribution in [2.75, 3.05) is 19.7 Å². The molecule has 2 N–H and O–H groups in total. The molecule has 0 aliphatic carbocycles. The van der Waals surface area contributed by atoms with Gasteiger partial charge in [0.25, 0.3) is 5.91 Å². The van der Waals surface area contributed by atoms with Crippen LogP contribution >= 0.6 is 0 Å². The third-order valence-electron chi connectivity index (χ3n) is 3.36. The third-order valence-corrected chi connectivity index (χ3v) is 3.36. The number of hydrogen-bond acceptors (Lipinski definition) is 3. The van der Waals surface area contributed by atoms with Gasteiger partial charge in [-0.05, 0) is 38.4 Å². The van der Waals surface area contributed by atoms with Crippen molar-refractivity contribution in [3.8, 4) is 5.75 Å². The molecule has 0 aliphatic rings. The molecule has 1 aromatic rings. The first-order valence-corrected chi connectivity index (χ1v) is 7.81. The Morgan fingerprint density at radius 2 is 2.10 bits per heavy atom. The zero-order valence-electron chi connectivity index (χ0n) is 13.7. The number of aryl methyl sites for hydroxylation is 1. The molecule has 0 radical (unpaired) electrons. The van der Waals surface area contributed by atoms with Crippen LogP contribution in [0.2, 0.25) is 0 Å². The van der Waals surface area contributed by atoms with Gasteiger partial charge in [-0.3, -0.25) is 4.79 Å². The van der Waals surface area contributed by atoms with Crippen LogP contribution in [0.5, 0.6) is 5.75 Å². The van der Waals surface area contributed by atoms with Crippen molar-refractivity contribution in [3.05, 3.63) is 29.3 Å². The minimum atomic E-state index is -0.0630. The van der Waals surface area contributed by atoms with E-state index in [1.807, 2.05) is 13.0 Å². The lowest BCUT2D eigenvalue weighted by atomic mass is 10.0.